The second-order valence-corrected chi connectivity index (χ2v) is 7.17. The Morgan fingerprint density at radius 1 is 1.33 bits per heavy atom. The number of aliphatic imine (C=N–C) groups is 1. The van der Waals surface area contributed by atoms with Crippen LogP contribution in [0.3, 0.4) is 0 Å². The smallest absolute Gasteiger partial charge is 0.191 e. The van der Waals surface area contributed by atoms with Crippen LogP contribution in [-0.2, 0) is 13.1 Å². The summed E-state index contributed by atoms with van der Waals surface area (Å²) in [6, 6.07) is 4.62. The van der Waals surface area contributed by atoms with Crippen LogP contribution in [0, 0.1) is 19.7 Å². The van der Waals surface area contributed by atoms with E-state index in [0.29, 0.717) is 19.0 Å². The Morgan fingerprint density at radius 3 is 2.71 bits per heavy atom. The van der Waals surface area contributed by atoms with E-state index in [0.717, 1.165) is 27.3 Å². The summed E-state index contributed by atoms with van der Waals surface area (Å²) in [6.07, 6.45) is 0. The van der Waals surface area contributed by atoms with E-state index in [1.54, 1.807) is 17.4 Å². The lowest BCUT2D eigenvalue weighted by atomic mass is 10.2. The molecule has 0 aliphatic heterocycles. The van der Waals surface area contributed by atoms with E-state index in [4.69, 9.17) is 0 Å². The minimum Gasteiger partial charge on any atom is -0.357 e. The van der Waals surface area contributed by atoms with Gasteiger partial charge >= 0.3 is 0 Å². The molecule has 1 heterocycles. The predicted octanol–water partition coefficient (Wildman–Crippen LogP) is 4.53. The minimum absolute atomic E-state index is 0. The summed E-state index contributed by atoms with van der Waals surface area (Å²) in [5.74, 6) is 0.446. The molecule has 24 heavy (non-hydrogen) atoms. The first-order valence-electron chi connectivity index (χ1n) is 7.38. The number of rotatable bonds is 5. The Morgan fingerprint density at radius 2 is 2.08 bits per heavy atom. The fourth-order valence-corrected chi connectivity index (χ4v) is 3.32. The number of aryl methyl sites for hydroxylation is 2. The Bertz CT molecular complexity index is 705. The monoisotopic (exact) mass is 526 g/mol. The number of benzene rings is 1. The minimum atomic E-state index is -0.257. The second-order valence-electron chi connectivity index (χ2n) is 5.03. The molecule has 2 rings (SSSR count). The molecule has 0 radical (unpaired) electrons. The van der Waals surface area contributed by atoms with Crippen LogP contribution < -0.4 is 10.6 Å². The molecular weight excluding hydrogens is 506 g/mol. The topological polar surface area (TPSA) is 49.3 Å². The number of nitrogens with zero attached hydrogens (tertiary/aromatic N) is 2. The van der Waals surface area contributed by atoms with Crippen molar-refractivity contribution in [3.05, 3.63) is 49.6 Å². The van der Waals surface area contributed by atoms with Gasteiger partial charge in [-0.05, 0) is 44.5 Å². The third-order valence-corrected chi connectivity index (χ3v) is 5.02. The first-order valence-corrected chi connectivity index (χ1v) is 8.99. The van der Waals surface area contributed by atoms with Gasteiger partial charge in [0.2, 0.25) is 0 Å². The summed E-state index contributed by atoms with van der Waals surface area (Å²) >= 11 is 5.10. The normalized spacial score (nSPS) is 11.1. The standard InChI is InChI=1S/C16H20BrFN4S.HI/c1-4-19-16(21-9-15-10(2)22-11(3)23-15)20-8-12-7-13(18)5-6-14(12)17;/h5-7H,4,8-9H2,1-3H3,(H2,19,20,21);1H. The number of aromatic nitrogens is 1. The molecule has 132 valence electrons. The average Bonchev–Trinajstić information content (AvgIpc) is 2.83. The van der Waals surface area contributed by atoms with Gasteiger partial charge in [0.25, 0.3) is 0 Å². The lowest BCUT2D eigenvalue weighted by Gasteiger charge is -2.11. The van der Waals surface area contributed by atoms with Gasteiger partial charge in [0.05, 0.1) is 23.8 Å². The molecule has 0 bridgehead atoms. The summed E-state index contributed by atoms with van der Waals surface area (Å²) in [7, 11) is 0. The van der Waals surface area contributed by atoms with Gasteiger partial charge in [-0.25, -0.2) is 14.4 Å². The summed E-state index contributed by atoms with van der Waals surface area (Å²) < 4.78 is 14.2. The molecule has 0 unspecified atom stereocenters. The molecule has 2 N–H and O–H groups in total. The highest BCUT2D eigenvalue weighted by Crippen LogP contribution is 2.19. The van der Waals surface area contributed by atoms with E-state index in [1.165, 1.54) is 17.0 Å². The molecule has 8 heteroatoms. The lowest BCUT2D eigenvalue weighted by molar-refractivity contribution is 0.625. The lowest BCUT2D eigenvalue weighted by Crippen LogP contribution is -2.36. The SMILES string of the molecule is CCNC(=NCc1cc(F)ccc1Br)NCc1sc(C)nc1C.I. The maximum absolute atomic E-state index is 13.3. The van der Waals surface area contributed by atoms with Crippen LogP contribution in [0.1, 0.15) is 28.1 Å². The van der Waals surface area contributed by atoms with Gasteiger partial charge in [0.1, 0.15) is 5.82 Å². The van der Waals surface area contributed by atoms with E-state index in [9.17, 15) is 4.39 Å². The van der Waals surface area contributed by atoms with Crippen LogP contribution in [0.4, 0.5) is 4.39 Å². The first kappa shape index (κ1) is 21.3. The van der Waals surface area contributed by atoms with E-state index < -0.39 is 0 Å². The molecule has 0 atom stereocenters. The zero-order valence-corrected chi connectivity index (χ0v) is 18.6. The van der Waals surface area contributed by atoms with Crippen molar-refractivity contribution >= 4 is 57.2 Å². The molecular formula is C16H21BrFIN4S. The summed E-state index contributed by atoms with van der Waals surface area (Å²) in [5, 5.41) is 7.55. The maximum Gasteiger partial charge on any atom is 0.191 e. The Balaban J connectivity index is 0.00000288. The quantitative estimate of drug-likeness (QED) is 0.342. The van der Waals surface area contributed by atoms with E-state index in [-0.39, 0.29) is 29.8 Å². The van der Waals surface area contributed by atoms with Crippen molar-refractivity contribution in [1.29, 1.82) is 0 Å². The highest BCUT2D eigenvalue weighted by Gasteiger charge is 2.06. The summed E-state index contributed by atoms with van der Waals surface area (Å²) in [4.78, 5) is 10.1. The molecule has 1 aromatic carbocycles. The third kappa shape index (κ3) is 6.29. The van der Waals surface area contributed by atoms with Gasteiger partial charge in [-0.3, -0.25) is 0 Å². The number of hydrogen-bond donors (Lipinski definition) is 2. The fourth-order valence-electron chi connectivity index (χ4n) is 2.07. The van der Waals surface area contributed by atoms with E-state index in [1.807, 2.05) is 20.8 Å². The molecule has 0 amide bonds. The molecule has 1 aromatic heterocycles. The van der Waals surface area contributed by atoms with Gasteiger partial charge in [-0.1, -0.05) is 15.9 Å². The largest absolute Gasteiger partial charge is 0.357 e. The van der Waals surface area contributed by atoms with Crippen LogP contribution in [0.15, 0.2) is 27.7 Å². The molecule has 0 aliphatic carbocycles. The summed E-state index contributed by atoms with van der Waals surface area (Å²) in [6.45, 7) is 7.85. The second kappa shape index (κ2) is 10.3. The average molecular weight is 527 g/mol. The van der Waals surface area contributed by atoms with Gasteiger partial charge in [-0.2, -0.15) is 0 Å². The molecule has 0 spiro atoms. The molecule has 4 nitrogen and oxygen atoms in total. The van der Waals surface area contributed by atoms with Crippen molar-refractivity contribution in [3.63, 3.8) is 0 Å². The number of thiazole rings is 1. The van der Waals surface area contributed by atoms with Crippen LogP contribution in [0.25, 0.3) is 0 Å². The molecule has 2 aromatic rings. The van der Waals surface area contributed by atoms with Gasteiger partial charge < -0.3 is 10.6 Å². The van der Waals surface area contributed by atoms with Crippen LogP contribution in [-0.4, -0.2) is 17.5 Å². The molecule has 0 saturated carbocycles. The molecule has 0 saturated heterocycles. The number of guanidine groups is 1. The highest BCUT2D eigenvalue weighted by atomic mass is 127. The highest BCUT2D eigenvalue weighted by molar-refractivity contribution is 14.0. The van der Waals surface area contributed by atoms with Crippen molar-refractivity contribution in [1.82, 2.24) is 15.6 Å². The van der Waals surface area contributed by atoms with Crippen molar-refractivity contribution in [2.75, 3.05) is 6.54 Å². The van der Waals surface area contributed by atoms with Crippen molar-refractivity contribution in [3.8, 4) is 0 Å². The van der Waals surface area contributed by atoms with Gasteiger partial charge in [0.15, 0.2) is 5.96 Å². The van der Waals surface area contributed by atoms with Crippen molar-refractivity contribution in [2.45, 2.75) is 33.9 Å². The third-order valence-electron chi connectivity index (χ3n) is 3.18. The first-order chi connectivity index (χ1) is 11.0. The number of nitrogens with one attached hydrogen (secondary N) is 2. The fraction of sp³-hybridized carbons (Fsp3) is 0.375. The van der Waals surface area contributed by atoms with E-state index in [2.05, 4.69) is 36.5 Å². The Hall–Kier alpha value is -0.740. The van der Waals surface area contributed by atoms with Crippen LogP contribution >= 0.6 is 51.2 Å². The van der Waals surface area contributed by atoms with Crippen LogP contribution in [0.5, 0.6) is 0 Å². The Kier molecular flexibility index (Phi) is 9.14. The molecule has 0 fully saturated rings. The predicted molar refractivity (Wildman–Crippen MR) is 113 cm³/mol. The zero-order valence-electron chi connectivity index (χ0n) is 13.8. The zero-order chi connectivity index (χ0) is 16.8. The van der Waals surface area contributed by atoms with Gasteiger partial charge in [-0.15, -0.1) is 35.3 Å². The number of halogens is 3. The van der Waals surface area contributed by atoms with Gasteiger partial charge in [0, 0.05) is 15.9 Å². The van der Waals surface area contributed by atoms with Crippen molar-refractivity contribution < 1.29 is 4.39 Å². The maximum atomic E-state index is 13.3. The van der Waals surface area contributed by atoms with E-state index >= 15 is 0 Å². The molecule has 0 aliphatic rings. The Labute approximate surface area is 171 Å². The van der Waals surface area contributed by atoms with Crippen LogP contribution in [0.2, 0.25) is 0 Å². The van der Waals surface area contributed by atoms with Crippen molar-refractivity contribution in [2.24, 2.45) is 4.99 Å². The summed E-state index contributed by atoms with van der Waals surface area (Å²) in [5.41, 5.74) is 1.86. The number of hydrogen-bond acceptors (Lipinski definition) is 3.